The fourth-order valence-electron chi connectivity index (χ4n) is 3.24. The Labute approximate surface area is 159 Å². The fourth-order valence-corrected chi connectivity index (χ4v) is 4.02. The molecule has 6 nitrogen and oxygen atoms in total. The number of H-pyrrole nitrogens is 1. The highest BCUT2D eigenvalue weighted by molar-refractivity contribution is 7.16. The second kappa shape index (κ2) is 7.20. The van der Waals surface area contributed by atoms with Crippen molar-refractivity contribution < 1.29 is 4.79 Å². The molecule has 0 saturated heterocycles. The lowest BCUT2D eigenvalue weighted by Crippen LogP contribution is -2.18. The quantitative estimate of drug-likeness (QED) is 0.540. The summed E-state index contributed by atoms with van der Waals surface area (Å²) in [6.45, 7) is 0.508. The molecule has 27 heavy (non-hydrogen) atoms. The monoisotopic (exact) mass is 378 g/mol. The topological polar surface area (TPSA) is 93.8 Å². The molecule has 0 aliphatic carbocycles. The molecule has 2 aromatic carbocycles. The zero-order valence-corrected chi connectivity index (χ0v) is 15.3. The summed E-state index contributed by atoms with van der Waals surface area (Å²) < 4.78 is 2.85. The third-order valence-corrected chi connectivity index (χ3v) is 5.32. The van der Waals surface area contributed by atoms with Crippen molar-refractivity contribution in [1.82, 2.24) is 14.5 Å². The number of fused-ring (bicyclic) bond motifs is 1. The summed E-state index contributed by atoms with van der Waals surface area (Å²) in [4.78, 5) is 30.7. The van der Waals surface area contributed by atoms with E-state index >= 15 is 0 Å². The highest BCUT2D eigenvalue weighted by Gasteiger charge is 2.15. The van der Waals surface area contributed by atoms with Crippen molar-refractivity contribution in [2.24, 2.45) is 5.73 Å². The molecule has 0 saturated carbocycles. The van der Waals surface area contributed by atoms with Gasteiger partial charge in [0.1, 0.15) is 0 Å². The summed E-state index contributed by atoms with van der Waals surface area (Å²) in [7, 11) is 0. The fraction of sp³-hybridized carbons (Fsp3) is 0.150. The maximum absolute atomic E-state index is 11.7. The number of imidazole rings is 1. The molecule has 4 aromatic rings. The van der Waals surface area contributed by atoms with E-state index in [-0.39, 0.29) is 11.3 Å². The van der Waals surface area contributed by atoms with Gasteiger partial charge in [-0.1, -0.05) is 53.8 Å². The van der Waals surface area contributed by atoms with Crippen molar-refractivity contribution >= 4 is 27.5 Å². The van der Waals surface area contributed by atoms with Crippen LogP contribution in [0.25, 0.3) is 10.2 Å². The molecule has 7 heteroatoms. The molecule has 3 N–H and O–H groups in total. The number of hydrogen-bond acceptors (Lipinski definition) is 4. The number of rotatable bonds is 6. The maximum Gasteiger partial charge on any atom is 0.305 e. The Bertz CT molecular complexity index is 1160. The third kappa shape index (κ3) is 3.68. The lowest BCUT2D eigenvalue weighted by atomic mass is 10.1. The number of thiazole rings is 1. The molecule has 0 aliphatic rings. The number of primary amides is 1. The molecule has 2 heterocycles. The standard InChI is InChI=1S/C20H18N4O2S/c21-18(25)10-16-15(9-13-5-2-1-3-6-13)22-12-24(16)11-14-7-4-8-17-19(14)23-20(26)27-17/h1-8,12H,9-11H2,(H2,21,25)(H,23,26). The summed E-state index contributed by atoms with van der Waals surface area (Å²) in [5.41, 5.74) is 10.0. The first kappa shape index (κ1) is 17.2. The zero-order valence-electron chi connectivity index (χ0n) is 14.5. The second-order valence-electron chi connectivity index (χ2n) is 6.38. The lowest BCUT2D eigenvalue weighted by molar-refractivity contribution is -0.117. The van der Waals surface area contributed by atoms with E-state index in [9.17, 15) is 9.59 Å². The van der Waals surface area contributed by atoms with Gasteiger partial charge in [-0.05, 0) is 17.2 Å². The van der Waals surface area contributed by atoms with Gasteiger partial charge in [0.15, 0.2) is 0 Å². The van der Waals surface area contributed by atoms with Crippen LogP contribution >= 0.6 is 11.3 Å². The van der Waals surface area contributed by atoms with Crippen molar-refractivity contribution in [3.8, 4) is 0 Å². The van der Waals surface area contributed by atoms with E-state index in [1.165, 1.54) is 11.3 Å². The number of benzene rings is 2. The van der Waals surface area contributed by atoms with Crippen molar-refractivity contribution in [3.63, 3.8) is 0 Å². The van der Waals surface area contributed by atoms with Gasteiger partial charge < -0.3 is 15.3 Å². The van der Waals surface area contributed by atoms with Gasteiger partial charge in [0.05, 0.1) is 40.9 Å². The van der Waals surface area contributed by atoms with Crippen molar-refractivity contribution in [2.75, 3.05) is 0 Å². The van der Waals surface area contributed by atoms with Crippen molar-refractivity contribution in [1.29, 1.82) is 0 Å². The van der Waals surface area contributed by atoms with Crippen LogP contribution in [-0.4, -0.2) is 20.4 Å². The normalized spacial score (nSPS) is 11.1. The molecule has 2 aromatic heterocycles. The number of para-hydroxylation sites is 1. The first-order valence-corrected chi connectivity index (χ1v) is 9.37. The SMILES string of the molecule is NC(=O)Cc1c(Cc2ccccc2)ncn1Cc1cccc2sc(=O)[nH]c12. The molecule has 136 valence electrons. The van der Waals surface area contributed by atoms with Crippen LogP contribution in [0.4, 0.5) is 0 Å². The van der Waals surface area contributed by atoms with Gasteiger partial charge >= 0.3 is 4.87 Å². The van der Waals surface area contributed by atoms with Gasteiger partial charge in [-0.25, -0.2) is 4.98 Å². The average molecular weight is 378 g/mol. The average Bonchev–Trinajstić information content (AvgIpc) is 3.20. The van der Waals surface area contributed by atoms with Gasteiger partial charge in [0.2, 0.25) is 5.91 Å². The Kier molecular flexibility index (Phi) is 4.60. The second-order valence-corrected chi connectivity index (χ2v) is 7.39. The van der Waals surface area contributed by atoms with Crippen LogP contribution in [0, 0.1) is 0 Å². The van der Waals surface area contributed by atoms with Crippen molar-refractivity contribution in [3.05, 3.63) is 87.0 Å². The van der Waals surface area contributed by atoms with Crippen LogP contribution < -0.4 is 10.6 Å². The van der Waals surface area contributed by atoms with Gasteiger partial charge in [-0.2, -0.15) is 0 Å². The Balaban J connectivity index is 1.71. The molecular weight excluding hydrogens is 360 g/mol. The van der Waals surface area contributed by atoms with Gasteiger partial charge in [0, 0.05) is 6.42 Å². The van der Waals surface area contributed by atoms with E-state index < -0.39 is 5.91 Å². The summed E-state index contributed by atoms with van der Waals surface area (Å²) in [5.74, 6) is -0.395. The highest BCUT2D eigenvalue weighted by atomic mass is 32.1. The predicted molar refractivity (Wildman–Crippen MR) is 106 cm³/mol. The Morgan fingerprint density at radius 3 is 2.74 bits per heavy atom. The molecule has 0 bridgehead atoms. The summed E-state index contributed by atoms with van der Waals surface area (Å²) in [5, 5.41) is 0. The molecule has 0 radical (unpaired) electrons. The largest absolute Gasteiger partial charge is 0.369 e. The first-order valence-electron chi connectivity index (χ1n) is 8.56. The van der Waals surface area contributed by atoms with E-state index in [0.717, 1.165) is 32.7 Å². The zero-order chi connectivity index (χ0) is 18.8. The number of carbonyl (C=O) groups is 1. The number of nitrogens with zero attached hydrogens (tertiary/aromatic N) is 2. The smallest absolute Gasteiger partial charge is 0.305 e. The van der Waals surface area contributed by atoms with Crippen LogP contribution in [-0.2, 0) is 24.2 Å². The van der Waals surface area contributed by atoms with Crippen LogP contribution in [0.5, 0.6) is 0 Å². The maximum atomic E-state index is 11.7. The van der Waals surface area contributed by atoms with Crippen LogP contribution in [0.2, 0.25) is 0 Å². The molecular formula is C20H18N4O2S. The first-order chi connectivity index (χ1) is 13.1. The van der Waals surface area contributed by atoms with E-state index in [2.05, 4.69) is 9.97 Å². The van der Waals surface area contributed by atoms with E-state index in [1.807, 2.05) is 53.1 Å². The number of nitrogens with one attached hydrogen (secondary N) is 1. The lowest BCUT2D eigenvalue weighted by Gasteiger charge is -2.10. The Morgan fingerprint density at radius 2 is 1.96 bits per heavy atom. The molecule has 4 rings (SSSR count). The van der Waals surface area contributed by atoms with E-state index in [4.69, 9.17) is 5.73 Å². The third-order valence-electron chi connectivity index (χ3n) is 4.47. The van der Waals surface area contributed by atoms with Crippen LogP contribution in [0.1, 0.15) is 22.5 Å². The number of amides is 1. The van der Waals surface area contributed by atoms with Gasteiger partial charge in [-0.15, -0.1) is 0 Å². The summed E-state index contributed by atoms with van der Waals surface area (Å²) in [6.07, 6.45) is 2.49. The highest BCUT2D eigenvalue weighted by Crippen LogP contribution is 2.21. The number of hydrogen-bond donors (Lipinski definition) is 2. The molecule has 0 spiro atoms. The number of aromatic nitrogens is 3. The van der Waals surface area contributed by atoms with Crippen LogP contribution in [0.3, 0.4) is 0 Å². The van der Waals surface area contributed by atoms with E-state index in [1.54, 1.807) is 6.33 Å². The molecule has 0 aliphatic heterocycles. The minimum atomic E-state index is -0.395. The van der Waals surface area contributed by atoms with Crippen LogP contribution in [0.15, 0.2) is 59.7 Å². The van der Waals surface area contributed by atoms with Crippen molar-refractivity contribution in [2.45, 2.75) is 19.4 Å². The predicted octanol–water partition coefficient (Wildman–Crippen LogP) is 2.45. The summed E-state index contributed by atoms with van der Waals surface area (Å²) >= 11 is 1.19. The van der Waals surface area contributed by atoms with Gasteiger partial charge in [0.25, 0.3) is 0 Å². The number of carbonyl (C=O) groups excluding carboxylic acids is 1. The Morgan fingerprint density at radius 1 is 1.15 bits per heavy atom. The summed E-state index contributed by atoms with van der Waals surface area (Å²) in [6, 6.07) is 15.8. The minimum absolute atomic E-state index is 0.0785. The van der Waals surface area contributed by atoms with E-state index in [0.29, 0.717) is 13.0 Å². The number of nitrogens with two attached hydrogens (primary N) is 1. The Hall–Kier alpha value is -3.19. The molecule has 0 unspecified atom stereocenters. The van der Waals surface area contributed by atoms with Gasteiger partial charge in [-0.3, -0.25) is 9.59 Å². The molecule has 1 amide bonds. The number of aromatic amines is 1. The molecule has 0 fully saturated rings. The molecule has 0 atom stereocenters. The minimum Gasteiger partial charge on any atom is -0.369 e.